The minimum Gasteiger partial charge on any atom is -0.497 e. The highest BCUT2D eigenvalue weighted by Gasteiger charge is 2.30. The van der Waals surface area contributed by atoms with Crippen molar-refractivity contribution in [1.82, 2.24) is 4.98 Å². The zero-order valence-electron chi connectivity index (χ0n) is 10.2. The van der Waals surface area contributed by atoms with Gasteiger partial charge in [0, 0.05) is 18.3 Å². The van der Waals surface area contributed by atoms with Crippen LogP contribution in [0.15, 0.2) is 42.6 Å². The molecule has 0 amide bonds. The molecule has 19 heavy (non-hydrogen) atoms. The summed E-state index contributed by atoms with van der Waals surface area (Å²) in [5, 5.41) is 0. The van der Waals surface area contributed by atoms with Gasteiger partial charge in [0.1, 0.15) is 5.75 Å². The van der Waals surface area contributed by atoms with E-state index >= 15 is 0 Å². The summed E-state index contributed by atoms with van der Waals surface area (Å²) in [6.45, 7) is 0. The lowest BCUT2D eigenvalue weighted by atomic mass is 10.1. The minimum atomic E-state index is -4.34. The van der Waals surface area contributed by atoms with E-state index in [1.165, 1.54) is 6.07 Å². The van der Waals surface area contributed by atoms with E-state index in [2.05, 4.69) is 4.98 Å². The number of nitrogens with zero attached hydrogens (tertiary/aromatic N) is 1. The van der Waals surface area contributed by atoms with Gasteiger partial charge in [0.05, 0.1) is 12.7 Å². The first-order valence-electron chi connectivity index (χ1n) is 5.64. The Labute approximate surface area is 108 Å². The fourth-order valence-electron chi connectivity index (χ4n) is 1.65. The molecule has 2 nitrogen and oxygen atoms in total. The smallest absolute Gasteiger partial charge is 0.417 e. The van der Waals surface area contributed by atoms with Crippen LogP contribution in [0.1, 0.15) is 16.8 Å². The largest absolute Gasteiger partial charge is 0.497 e. The van der Waals surface area contributed by atoms with E-state index in [0.29, 0.717) is 12.1 Å². The van der Waals surface area contributed by atoms with Crippen LogP contribution < -0.4 is 4.74 Å². The molecular formula is C14H12F3NO. The summed E-state index contributed by atoms with van der Waals surface area (Å²) in [7, 11) is 1.58. The van der Waals surface area contributed by atoms with Crippen LogP contribution in [-0.4, -0.2) is 12.1 Å². The second-order valence-electron chi connectivity index (χ2n) is 4.06. The van der Waals surface area contributed by atoms with Gasteiger partial charge in [0.2, 0.25) is 0 Å². The number of aromatic nitrogens is 1. The van der Waals surface area contributed by atoms with Crippen LogP contribution in [0.2, 0.25) is 0 Å². The minimum absolute atomic E-state index is 0.488. The number of hydrogen-bond acceptors (Lipinski definition) is 2. The van der Waals surface area contributed by atoms with Crippen molar-refractivity contribution in [2.45, 2.75) is 12.6 Å². The number of pyridine rings is 1. The zero-order valence-corrected chi connectivity index (χ0v) is 10.2. The summed E-state index contributed by atoms with van der Waals surface area (Å²) in [5.41, 5.74) is 0.831. The molecule has 100 valence electrons. The van der Waals surface area contributed by atoms with E-state index in [9.17, 15) is 13.2 Å². The lowest BCUT2D eigenvalue weighted by Crippen LogP contribution is -2.06. The molecule has 0 saturated heterocycles. The lowest BCUT2D eigenvalue weighted by Gasteiger charge is -2.07. The summed E-state index contributed by atoms with van der Waals surface area (Å²) >= 11 is 0. The van der Waals surface area contributed by atoms with Gasteiger partial charge in [0.25, 0.3) is 0 Å². The number of halogens is 3. The molecule has 0 fully saturated rings. The average molecular weight is 267 g/mol. The van der Waals surface area contributed by atoms with Crippen LogP contribution in [0.3, 0.4) is 0 Å². The number of rotatable bonds is 3. The third-order valence-corrected chi connectivity index (χ3v) is 2.70. The average Bonchev–Trinajstić information content (AvgIpc) is 2.39. The predicted molar refractivity (Wildman–Crippen MR) is 65.0 cm³/mol. The van der Waals surface area contributed by atoms with Crippen molar-refractivity contribution >= 4 is 0 Å². The Balaban J connectivity index is 2.10. The summed E-state index contributed by atoms with van der Waals surface area (Å²) < 4.78 is 42.2. The molecule has 2 aromatic rings. The number of ether oxygens (including phenoxy) is 1. The number of benzene rings is 1. The van der Waals surface area contributed by atoms with Gasteiger partial charge in [-0.2, -0.15) is 13.2 Å². The Bertz CT molecular complexity index is 532. The van der Waals surface area contributed by atoms with Crippen LogP contribution in [0.4, 0.5) is 13.2 Å². The monoisotopic (exact) mass is 267 g/mol. The molecule has 0 unspecified atom stereocenters. The number of methoxy groups -OCH3 is 1. The SMILES string of the molecule is COc1ccc(Cc2ccc(C(F)(F)F)cn2)cc1. The summed E-state index contributed by atoms with van der Waals surface area (Å²) in [4.78, 5) is 3.83. The van der Waals surface area contributed by atoms with Gasteiger partial charge in [0.15, 0.2) is 0 Å². The van der Waals surface area contributed by atoms with Crippen molar-refractivity contribution in [2.24, 2.45) is 0 Å². The van der Waals surface area contributed by atoms with E-state index in [-0.39, 0.29) is 0 Å². The van der Waals surface area contributed by atoms with E-state index in [4.69, 9.17) is 4.74 Å². The van der Waals surface area contributed by atoms with Crippen molar-refractivity contribution in [3.63, 3.8) is 0 Å². The van der Waals surface area contributed by atoms with Crippen LogP contribution in [0, 0.1) is 0 Å². The molecule has 0 aliphatic heterocycles. The fraction of sp³-hybridized carbons (Fsp3) is 0.214. The molecular weight excluding hydrogens is 255 g/mol. The Kier molecular flexibility index (Phi) is 3.74. The topological polar surface area (TPSA) is 22.1 Å². The van der Waals surface area contributed by atoms with Crippen LogP contribution in [-0.2, 0) is 12.6 Å². The van der Waals surface area contributed by atoms with Crippen molar-refractivity contribution < 1.29 is 17.9 Å². The molecule has 2 rings (SSSR count). The molecule has 0 spiro atoms. The predicted octanol–water partition coefficient (Wildman–Crippen LogP) is 3.70. The molecule has 0 radical (unpaired) electrons. The number of alkyl halides is 3. The lowest BCUT2D eigenvalue weighted by molar-refractivity contribution is -0.137. The van der Waals surface area contributed by atoms with Crippen molar-refractivity contribution in [1.29, 1.82) is 0 Å². The third-order valence-electron chi connectivity index (χ3n) is 2.70. The van der Waals surface area contributed by atoms with Gasteiger partial charge in [-0.1, -0.05) is 12.1 Å². The maximum atomic E-state index is 12.4. The summed E-state index contributed by atoms with van der Waals surface area (Å²) in [6, 6.07) is 9.77. The van der Waals surface area contributed by atoms with E-state index < -0.39 is 11.7 Å². The summed E-state index contributed by atoms with van der Waals surface area (Å²) in [5.74, 6) is 0.740. The molecule has 0 N–H and O–H groups in total. The highest BCUT2D eigenvalue weighted by molar-refractivity contribution is 5.30. The standard InChI is InChI=1S/C14H12F3NO/c1-19-13-6-2-10(3-7-13)8-12-5-4-11(9-18-12)14(15,16)17/h2-7,9H,8H2,1H3. The highest BCUT2D eigenvalue weighted by Crippen LogP contribution is 2.28. The Hall–Kier alpha value is -2.04. The first-order valence-corrected chi connectivity index (χ1v) is 5.64. The van der Waals surface area contributed by atoms with Crippen LogP contribution in [0.25, 0.3) is 0 Å². The normalized spacial score (nSPS) is 11.4. The van der Waals surface area contributed by atoms with Gasteiger partial charge in [-0.15, -0.1) is 0 Å². The Morgan fingerprint density at radius 3 is 2.21 bits per heavy atom. The second kappa shape index (κ2) is 5.30. The van der Waals surface area contributed by atoms with E-state index in [1.807, 2.05) is 12.1 Å². The van der Waals surface area contributed by atoms with Crippen molar-refractivity contribution in [3.8, 4) is 5.75 Å². The molecule has 0 atom stereocenters. The Morgan fingerprint density at radius 1 is 1.05 bits per heavy atom. The molecule has 0 aliphatic carbocycles. The zero-order chi connectivity index (χ0) is 13.9. The fourth-order valence-corrected chi connectivity index (χ4v) is 1.65. The van der Waals surface area contributed by atoms with Gasteiger partial charge >= 0.3 is 6.18 Å². The van der Waals surface area contributed by atoms with E-state index in [0.717, 1.165) is 23.6 Å². The molecule has 0 bridgehead atoms. The van der Waals surface area contributed by atoms with E-state index in [1.54, 1.807) is 19.2 Å². The van der Waals surface area contributed by atoms with Gasteiger partial charge in [-0.25, -0.2) is 0 Å². The van der Waals surface area contributed by atoms with Gasteiger partial charge < -0.3 is 4.74 Å². The Morgan fingerprint density at radius 2 is 1.74 bits per heavy atom. The molecule has 0 aliphatic rings. The van der Waals surface area contributed by atoms with Crippen molar-refractivity contribution in [3.05, 3.63) is 59.4 Å². The third kappa shape index (κ3) is 3.47. The molecule has 5 heteroatoms. The highest BCUT2D eigenvalue weighted by atomic mass is 19.4. The molecule has 1 aromatic heterocycles. The van der Waals surface area contributed by atoms with Crippen LogP contribution >= 0.6 is 0 Å². The van der Waals surface area contributed by atoms with Gasteiger partial charge in [-0.05, 0) is 29.8 Å². The summed E-state index contributed by atoms with van der Waals surface area (Å²) in [6.07, 6.45) is -2.99. The van der Waals surface area contributed by atoms with Gasteiger partial charge in [-0.3, -0.25) is 4.98 Å². The maximum absolute atomic E-state index is 12.4. The first kappa shape index (κ1) is 13.4. The van der Waals surface area contributed by atoms with Crippen LogP contribution in [0.5, 0.6) is 5.75 Å². The maximum Gasteiger partial charge on any atom is 0.417 e. The second-order valence-corrected chi connectivity index (χ2v) is 4.06. The first-order chi connectivity index (χ1) is 8.99. The van der Waals surface area contributed by atoms with Crippen molar-refractivity contribution in [2.75, 3.05) is 7.11 Å². The molecule has 1 heterocycles. The molecule has 1 aromatic carbocycles. The molecule has 0 saturated carbocycles. The number of hydrogen-bond donors (Lipinski definition) is 0. The quantitative estimate of drug-likeness (QED) is 0.846.